The zero-order valence-corrected chi connectivity index (χ0v) is 9.56. The fraction of sp³-hybridized carbons (Fsp3) is 0.818. The molecule has 1 amide bonds. The summed E-state index contributed by atoms with van der Waals surface area (Å²) in [7, 11) is 0. The fourth-order valence-electron chi connectivity index (χ4n) is 1.99. The van der Waals surface area contributed by atoms with Gasteiger partial charge >= 0.3 is 5.97 Å². The Morgan fingerprint density at radius 3 is 2.62 bits per heavy atom. The first-order valence-electron chi connectivity index (χ1n) is 5.76. The van der Waals surface area contributed by atoms with Crippen LogP contribution in [-0.2, 0) is 9.59 Å². The van der Waals surface area contributed by atoms with Gasteiger partial charge in [-0.2, -0.15) is 0 Å². The molecular formula is C11H19NO4. The lowest BCUT2D eigenvalue weighted by molar-refractivity contribution is -0.148. The second-order valence-corrected chi connectivity index (χ2v) is 4.25. The summed E-state index contributed by atoms with van der Waals surface area (Å²) < 4.78 is 0. The third-order valence-electron chi connectivity index (χ3n) is 2.88. The summed E-state index contributed by atoms with van der Waals surface area (Å²) in [4.78, 5) is 23.9. The van der Waals surface area contributed by atoms with Crippen molar-refractivity contribution in [1.29, 1.82) is 0 Å². The van der Waals surface area contributed by atoms with Crippen molar-refractivity contribution in [2.75, 3.05) is 6.54 Å². The highest BCUT2D eigenvalue weighted by atomic mass is 16.4. The molecule has 2 N–H and O–H groups in total. The number of likely N-dealkylation sites (tertiary alicyclic amines) is 1. The summed E-state index contributed by atoms with van der Waals surface area (Å²) in [5, 5.41) is 18.3. The Balaban J connectivity index is 2.50. The summed E-state index contributed by atoms with van der Waals surface area (Å²) in [5.41, 5.74) is 0. The molecular weight excluding hydrogens is 210 g/mol. The van der Waals surface area contributed by atoms with Gasteiger partial charge in [-0.15, -0.1) is 0 Å². The van der Waals surface area contributed by atoms with Crippen LogP contribution in [0.3, 0.4) is 0 Å². The van der Waals surface area contributed by atoms with Gasteiger partial charge in [0, 0.05) is 19.4 Å². The molecule has 0 saturated carbocycles. The molecule has 5 nitrogen and oxygen atoms in total. The zero-order chi connectivity index (χ0) is 12.1. The maximum Gasteiger partial charge on any atom is 0.326 e. The lowest BCUT2D eigenvalue weighted by Crippen LogP contribution is -2.40. The van der Waals surface area contributed by atoms with Gasteiger partial charge in [-0.25, -0.2) is 4.79 Å². The number of rotatable bonds is 5. The topological polar surface area (TPSA) is 77.8 Å². The van der Waals surface area contributed by atoms with Crippen LogP contribution in [0.1, 0.15) is 39.0 Å². The molecule has 2 unspecified atom stereocenters. The van der Waals surface area contributed by atoms with Crippen molar-refractivity contribution < 1.29 is 19.8 Å². The number of aliphatic carboxylic acids is 1. The SMILES string of the molecule is CCCCCC(=O)N1CC(O)CC1C(=O)O. The van der Waals surface area contributed by atoms with E-state index in [0.717, 1.165) is 19.3 Å². The van der Waals surface area contributed by atoms with Crippen molar-refractivity contribution in [2.24, 2.45) is 0 Å². The van der Waals surface area contributed by atoms with E-state index in [0.29, 0.717) is 6.42 Å². The number of aliphatic hydroxyl groups excluding tert-OH is 1. The number of unbranched alkanes of at least 4 members (excludes halogenated alkanes) is 2. The number of amides is 1. The summed E-state index contributed by atoms with van der Waals surface area (Å²) >= 11 is 0. The van der Waals surface area contributed by atoms with E-state index in [1.54, 1.807) is 0 Å². The van der Waals surface area contributed by atoms with E-state index in [-0.39, 0.29) is 18.9 Å². The van der Waals surface area contributed by atoms with E-state index >= 15 is 0 Å². The number of carbonyl (C=O) groups excluding carboxylic acids is 1. The molecule has 0 aromatic carbocycles. The normalized spacial score (nSPS) is 24.8. The smallest absolute Gasteiger partial charge is 0.326 e. The van der Waals surface area contributed by atoms with Gasteiger partial charge in [0.15, 0.2) is 0 Å². The third kappa shape index (κ3) is 3.20. The molecule has 1 rings (SSSR count). The molecule has 0 aromatic rings. The fourth-order valence-corrected chi connectivity index (χ4v) is 1.99. The second-order valence-electron chi connectivity index (χ2n) is 4.25. The number of nitrogens with zero attached hydrogens (tertiary/aromatic N) is 1. The van der Waals surface area contributed by atoms with Crippen molar-refractivity contribution in [3.63, 3.8) is 0 Å². The minimum atomic E-state index is -1.03. The summed E-state index contributed by atoms with van der Waals surface area (Å²) in [5.74, 6) is -1.18. The Labute approximate surface area is 95.1 Å². The first-order chi connectivity index (χ1) is 7.56. The Bertz CT molecular complexity index is 267. The van der Waals surface area contributed by atoms with Crippen LogP contribution in [-0.4, -0.2) is 45.7 Å². The van der Waals surface area contributed by atoms with Crippen LogP contribution >= 0.6 is 0 Å². The molecule has 1 aliphatic rings. The number of carboxylic acids is 1. The van der Waals surface area contributed by atoms with Gasteiger partial charge in [0.1, 0.15) is 6.04 Å². The monoisotopic (exact) mass is 229 g/mol. The summed E-state index contributed by atoms with van der Waals surface area (Å²) in [6.07, 6.45) is 2.61. The third-order valence-corrected chi connectivity index (χ3v) is 2.88. The maximum absolute atomic E-state index is 11.7. The number of hydrogen-bond donors (Lipinski definition) is 2. The average Bonchev–Trinajstić information content (AvgIpc) is 2.61. The number of carbonyl (C=O) groups is 2. The molecule has 92 valence electrons. The molecule has 5 heteroatoms. The highest BCUT2D eigenvalue weighted by Crippen LogP contribution is 2.19. The van der Waals surface area contributed by atoms with Gasteiger partial charge < -0.3 is 15.1 Å². The van der Waals surface area contributed by atoms with Crippen LogP contribution in [0.4, 0.5) is 0 Å². The second kappa shape index (κ2) is 5.84. The molecule has 0 spiro atoms. The van der Waals surface area contributed by atoms with E-state index in [9.17, 15) is 14.7 Å². The average molecular weight is 229 g/mol. The van der Waals surface area contributed by atoms with Crippen LogP contribution in [0.2, 0.25) is 0 Å². The predicted octanol–water partition coefficient (Wildman–Crippen LogP) is 0.613. The van der Waals surface area contributed by atoms with Gasteiger partial charge in [-0.1, -0.05) is 19.8 Å². The Morgan fingerprint density at radius 1 is 1.38 bits per heavy atom. The Kier molecular flexibility index (Phi) is 4.73. The standard InChI is InChI=1S/C11H19NO4/c1-2-3-4-5-10(14)12-7-8(13)6-9(12)11(15)16/h8-9,13H,2-7H2,1H3,(H,15,16). The molecule has 1 saturated heterocycles. The first-order valence-corrected chi connectivity index (χ1v) is 5.76. The van der Waals surface area contributed by atoms with Crippen LogP contribution in [0.25, 0.3) is 0 Å². The summed E-state index contributed by atoms with van der Waals surface area (Å²) in [6.45, 7) is 2.20. The van der Waals surface area contributed by atoms with Crippen LogP contribution < -0.4 is 0 Å². The number of aliphatic hydroxyl groups is 1. The quantitative estimate of drug-likeness (QED) is 0.677. The van der Waals surface area contributed by atoms with E-state index < -0.39 is 18.1 Å². The minimum Gasteiger partial charge on any atom is -0.480 e. The predicted molar refractivity (Wildman–Crippen MR) is 57.9 cm³/mol. The summed E-state index contributed by atoms with van der Waals surface area (Å²) in [6, 6.07) is -0.843. The molecule has 0 radical (unpaired) electrons. The van der Waals surface area contributed by atoms with Gasteiger partial charge in [0.05, 0.1) is 6.10 Å². The molecule has 16 heavy (non-hydrogen) atoms. The molecule has 0 bridgehead atoms. The van der Waals surface area contributed by atoms with Gasteiger partial charge in [-0.3, -0.25) is 4.79 Å². The Morgan fingerprint density at radius 2 is 2.06 bits per heavy atom. The van der Waals surface area contributed by atoms with Crippen LogP contribution in [0, 0.1) is 0 Å². The van der Waals surface area contributed by atoms with Gasteiger partial charge in [0.25, 0.3) is 0 Å². The number of carboxylic acid groups (broad SMARTS) is 1. The van der Waals surface area contributed by atoms with Crippen molar-refractivity contribution >= 4 is 11.9 Å². The molecule has 0 aromatic heterocycles. The lowest BCUT2D eigenvalue weighted by Gasteiger charge is -2.20. The van der Waals surface area contributed by atoms with Crippen molar-refractivity contribution in [1.82, 2.24) is 4.90 Å². The van der Waals surface area contributed by atoms with Crippen molar-refractivity contribution in [3.8, 4) is 0 Å². The Hall–Kier alpha value is -1.10. The van der Waals surface area contributed by atoms with E-state index in [2.05, 4.69) is 0 Å². The zero-order valence-electron chi connectivity index (χ0n) is 9.56. The van der Waals surface area contributed by atoms with E-state index in [4.69, 9.17) is 5.11 Å². The number of hydrogen-bond acceptors (Lipinski definition) is 3. The molecule has 1 fully saturated rings. The van der Waals surface area contributed by atoms with Crippen LogP contribution in [0.5, 0.6) is 0 Å². The van der Waals surface area contributed by atoms with Crippen LogP contribution in [0.15, 0.2) is 0 Å². The molecule has 1 aliphatic heterocycles. The first kappa shape index (κ1) is 13.0. The highest BCUT2D eigenvalue weighted by molar-refractivity contribution is 5.84. The molecule has 1 heterocycles. The minimum absolute atomic E-state index is 0.148. The van der Waals surface area contributed by atoms with Gasteiger partial charge in [0.2, 0.25) is 5.91 Å². The highest BCUT2D eigenvalue weighted by Gasteiger charge is 2.38. The van der Waals surface area contributed by atoms with Crippen molar-refractivity contribution in [2.45, 2.75) is 51.2 Å². The van der Waals surface area contributed by atoms with E-state index in [1.807, 2.05) is 6.92 Å². The maximum atomic E-state index is 11.7. The molecule has 2 atom stereocenters. The number of β-amino-alcohol motifs (C(OH)–C–C–N with tert-alkyl or cyclic N) is 1. The van der Waals surface area contributed by atoms with Gasteiger partial charge in [-0.05, 0) is 6.42 Å². The van der Waals surface area contributed by atoms with E-state index in [1.165, 1.54) is 4.90 Å². The molecule has 0 aliphatic carbocycles. The van der Waals surface area contributed by atoms with Crippen molar-refractivity contribution in [3.05, 3.63) is 0 Å². The lowest BCUT2D eigenvalue weighted by atomic mass is 10.1. The largest absolute Gasteiger partial charge is 0.480 e.